The van der Waals surface area contributed by atoms with Gasteiger partial charge in [-0.3, -0.25) is 14.4 Å². The number of benzene rings is 2. The van der Waals surface area contributed by atoms with E-state index in [9.17, 15) is 14.4 Å². The second kappa shape index (κ2) is 7.83. The van der Waals surface area contributed by atoms with Crippen molar-refractivity contribution in [1.29, 1.82) is 0 Å². The normalized spacial score (nSPS) is 17.8. The maximum Gasteiger partial charge on any atom is 0.229 e. The molecule has 2 aliphatic heterocycles. The third-order valence-electron chi connectivity index (χ3n) is 4.80. The van der Waals surface area contributed by atoms with Crippen LogP contribution in [0, 0.1) is 5.92 Å². The molecule has 8 heteroatoms. The molecule has 0 bridgehead atoms. The summed E-state index contributed by atoms with van der Waals surface area (Å²) in [4.78, 5) is 37.8. The Bertz CT molecular complexity index is 957. The Morgan fingerprint density at radius 2 is 1.66 bits per heavy atom. The van der Waals surface area contributed by atoms with Crippen molar-refractivity contribution in [2.45, 2.75) is 13.3 Å². The average molecular weight is 395 g/mol. The van der Waals surface area contributed by atoms with Crippen LogP contribution in [0.2, 0.25) is 0 Å². The van der Waals surface area contributed by atoms with E-state index in [1.165, 1.54) is 6.92 Å². The van der Waals surface area contributed by atoms with Gasteiger partial charge in [-0.1, -0.05) is 0 Å². The molecule has 2 aliphatic rings. The van der Waals surface area contributed by atoms with Gasteiger partial charge in [0.05, 0.1) is 5.92 Å². The molecule has 2 N–H and O–H groups in total. The predicted octanol–water partition coefficient (Wildman–Crippen LogP) is 2.41. The number of carbonyl (C=O) groups excluding carboxylic acids is 3. The summed E-state index contributed by atoms with van der Waals surface area (Å²) in [7, 11) is 0. The second-order valence-electron chi connectivity index (χ2n) is 6.98. The molecule has 2 aromatic carbocycles. The van der Waals surface area contributed by atoms with Crippen LogP contribution in [0.25, 0.3) is 0 Å². The zero-order valence-corrected chi connectivity index (χ0v) is 15.9. The lowest BCUT2D eigenvalue weighted by molar-refractivity contribution is -0.122. The lowest BCUT2D eigenvalue weighted by atomic mass is 10.1. The van der Waals surface area contributed by atoms with E-state index in [4.69, 9.17) is 9.47 Å². The maximum atomic E-state index is 12.7. The van der Waals surface area contributed by atoms with Gasteiger partial charge < -0.3 is 25.0 Å². The fourth-order valence-corrected chi connectivity index (χ4v) is 3.43. The van der Waals surface area contributed by atoms with Gasteiger partial charge in [0.1, 0.15) is 13.2 Å². The Morgan fingerprint density at radius 1 is 0.966 bits per heavy atom. The lowest BCUT2D eigenvalue weighted by Gasteiger charge is -2.19. The first kappa shape index (κ1) is 18.8. The van der Waals surface area contributed by atoms with Gasteiger partial charge >= 0.3 is 0 Å². The van der Waals surface area contributed by atoms with Gasteiger partial charge in [-0.05, 0) is 36.4 Å². The summed E-state index contributed by atoms with van der Waals surface area (Å²) in [6, 6.07) is 12.2. The van der Waals surface area contributed by atoms with Crippen LogP contribution < -0.4 is 25.0 Å². The van der Waals surface area contributed by atoms with Crippen LogP contribution in [0.3, 0.4) is 0 Å². The molecule has 0 saturated carbocycles. The topological polar surface area (TPSA) is 97.0 Å². The van der Waals surface area contributed by atoms with Crippen LogP contribution in [-0.4, -0.2) is 37.5 Å². The number of amides is 3. The minimum Gasteiger partial charge on any atom is -0.486 e. The average Bonchev–Trinajstić information content (AvgIpc) is 3.10. The number of rotatable bonds is 4. The quantitative estimate of drug-likeness (QED) is 0.829. The minimum absolute atomic E-state index is 0.111. The number of anilines is 3. The van der Waals surface area contributed by atoms with E-state index in [-0.39, 0.29) is 24.1 Å². The largest absolute Gasteiger partial charge is 0.486 e. The first-order valence-electron chi connectivity index (χ1n) is 9.38. The SMILES string of the molecule is CC(=O)Nc1ccc(N2C[C@@H](C(=O)Nc3ccc4c(c3)OCCO4)CC2=O)cc1. The zero-order valence-electron chi connectivity index (χ0n) is 15.9. The summed E-state index contributed by atoms with van der Waals surface area (Å²) in [6.45, 7) is 2.71. The van der Waals surface area contributed by atoms with Gasteiger partial charge in [0.25, 0.3) is 0 Å². The summed E-state index contributed by atoms with van der Waals surface area (Å²) in [5, 5.41) is 5.54. The second-order valence-corrected chi connectivity index (χ2v) is 6.98. The van der Waals surface area contributed by atoms with Gasteiger partial charge in [0.15, 0.2) is 11.5 Å². The molecule has 0 aliphatic carbocycles. The molecule has 4 rings (SSSR count). The molecule has 150 valence electrons. The van der Waals surface area contributed by atoms with E-state index in [1.54, 1.807) is 47.4 Å². The summed E-state index contributed by atoms with van der Waals surface area (Å²) in [6.07, 6.45) is 0.143. The first-order valence-corrected chi connectivity index (χ1v) is 9.38. The van der Waals surface area contributed by atoms with E-state index >= 15 is 0 Å². The first-order chi connectivity index (χ1) is 14.0. The maximum absolute atomic E-state index is 12.7. The van der Waals surface area contributed by atoms with E-state index in [0.29, 0.717) is 48.3 Å². The molecule has 0 aromatic heterocycles. The number of fused-ring (bicyclic) bond motifs is 1. The number of nitrogens with zero attached hydrogens (tertiary/aromatic N) is 1. The molecule has 8 nitrogen and oxygen atoms in total. The van der Waals surface area contributed by atoms with Crippen LogP contribution in [0.15, 0.2) is 42.5 Å². The Kier molecular flexibility index (Phi) is 5.07. The number of hydrogen-bond acceptors (Lipinski definition) is 5. The molecule has 3 amide bonds. The Balaban J connectivity index is 1.41. The van der Waals surface area contributed by atoms with Crippen molar-refractivity contribution in [2.75, 3.05) is 35.3 Å². The fraction of sp³-hybridized carbons (Fsp3) is 0.286. The summed E-state index contributed by atoms with van der Waals surface area (Å²) in [5.41, 5.74) is 1.95. The molecular formula is C21H21N3O5. The van der Waals surface area contributed by atoms with Crippen LogP contribution in [0.1, 0.15) is 13.3 Å². The Morgan fingerprint density at radius 3 is 2.38 bits per heavy atom. The Hall–Kier alpha value is -3.55. The molecule has 0 spiro atoms. The van der Waals surface area contributed by atoms with Crippen molar-refractivity contribution < 1.29 is 23.9 Å². The lowest BCUT2D eigenvalue weighted by Crippen LogP contribution is -2.28. The number of carbonyl (C=O) groups is 3. The van der Waals surface area contributed by atoms with Crippen molar-refractivity contribution in [2.24, 2.45) is 5.92 Å². The molecule has 1 saturated heterocycles. The fourth-order valence-electron chi connectivity index (χ4n) is 3.43. The highest BCUT2D eigenvalue weighted by atomic mass is 16.6. The van der Waals surface area contributed by atoms with Gasteiger partial charge in [-0.15, -0.1) is 0 Å². The highest BCUT2D eigenvalue weighted by Gasteiger charge is 2.35. The number of nitrogens with one attached hydrogen (secondary N) is 2. The van der Waals surface area contributed by atoms with Gasteiger partial charge in [0.2, 0.25) is 17.7 Å². The summed E-state index contributed by atoms with van der Waals surface area (Å²) >= 11 is 0. The predicted molar refractivity (Wildman–Crippen MR) is 107 cm³/mol. The van der Waals surface area contributed by atoms with Gasteiger partial charge in [0, 0.05) is 43.0 Å². The highest BCUT2D eigenvalue weighted by Crippen LogP contribution is 2.33. The van der Waals surface area contributed by atoms with E-state index in [0.717, 1.165) is 0 Å². The van der Waals surface area contributed by atoms with Crippen molar-refractivity contribution in [3.8, 4) is 11.5 Å². The summed E-state index contributed by atoms with van der Waals surface area (Å²) in [5.74, 6) is 0.306. The van der Waals surface area contributed by atoms with Crippen molar-refractivity contribution in [1.82, 2.24) is 0 Å². The zero-order chi connectivity index (χ0) is 20.4. The number of ether oxygens (including phenoxy) is 2. The Labute approximate surface area is 167 Å². The number of hydrogen-bond donors (Lipinski definition) is 2. The highest BCUT2D eigenvalue weighted by molar-refractivity contribution is 6.03. The molecule has 1 atom stereocenters. The van der Waals surface area contributed by atoms with E-state index in [2.05, 4.69) is 10.6 Å². The molecule has 1 fully saturated rings. The minimum atomic E-state index is -0.453. The molecule has 2 heterocycles. The molecule has 2 aromatic rings. The monoisotopic (exact) mass is 395 g/mol. The third kappa shape index (κ3) is 4.16. The smallest absolute Gasteiger partial charge is 0.229 e. The van der Waals surface area contributed by atoms with Crippen molar-refractivity contribution >= 4 is 34.8 Å². The standard InChI is InChI=1S/C21H21N3O5/c1-13(25)22-15-2-5-17(6-3-15)24-12-14(10-20(24)26)21(27)23-16-4-7-18-19(11-16)29-9-8-28-18/h2-7,11,14H,8-10,12H2,1H3,(H,22,25)(H,23,27)/t14-/m0/s1. The third-order valence-corrected chi connectivity index (χ3v) is 4.80. The van der Waals surface area contributed by atoms with E-state index in [1.807, 2.05) is 0 Å². The van der Waals surface area contributed by atoms with Crippen LogP contribution in [0.4, 0.5) is 17.1 Å². The van der Waals surface area contributed by atoms with Gasteiger partial charge in [-0.25, -0.2) is 0 Å². The molecule has 29 heavy (non-hydrogen) atoms. The van der Waals surface area contributed by atoms with Crippen molar-refractivity contribution in [3.05, 3.63) is 42.5 Å². The van der Waals surface area contributed by atoms with Gasteiger partial charge in [-0.2, -0.15) is 0 Å². The molecular weight excluding hydrogens is 374 g/mol. The molecule has 0 unspecified atom stereocenters. The summed E-state index contributed by atoms with van der Waals surface area (Å²) < 4.78 is 11.0. The van der Waals surface area contributed by atoms with Crippen LogP contribution in [0.5, 0.6) is 11.5 Å². The van der Waals surface area contributed by atoms with Crippen LogP contribution >= 0.6 is 0 Å². The van der Waals surface area contributed by atoms with Crippen molar-refractivity contribution in [3.63, 3.8) is 0 Å². The van der Waals surface area contributed by atoms with E-state index < -0.39 is 5.92 Å². The van der Waals surface area contributed by atoms with Crippen LogP contribution in [-0.2, 0) is 14.4 Å². The molecule has 0 radical (unpaired) electrons.